The number of aliphatic carboxylic acids is 1. The van der Waals surface area contributed by atoms with Gasteiger partial charge < -0.3 is 14.6 Å². The standard InChI is InChI=1S/C26H24F3N3O7S2.Na/c1-3-22(24(33)34)39-17-8-10-18(11-9-17)41(36,37)32-21-7-5-4-6-19(21)31-25(32)40(35)14-20-16(2)23(12-13-30-20)38-15-26(27,28)29;/h4-13,22H,3,14-15H2,1-2H3,(H,33,34);. The fourth-order valence-corrected chi connectivity index (χ4v) is 6.88. The third-order valence-corrected chi connectivity index (χ3v) is 8.95. The van der Waals surface area contributed by atoms with Crippen molar-refractivity contribution in [2.75, 3.05) is 6.61 Å². The molecule has 0 saturated carbocycles. The van der Waals surface area contributed by atoms with Crippen LogP contribution in [0, 0.1) is 6.92 Å². The zero-order valence-corrected chi connectivity index (χ0v) is 26.3. The van der Waals surface area contributed by atoms with Crippen molar-refractivity contribution in [3.05, 3.63) is 72.1 Å². The van der Waals surface area contributed by atoms with Crippen molar-refractivity contribution >= 4 is 67.4 Å². The Morgan fingerprint density at radius 1 is 1.12 bits per heavy atom. The van der Waals surface area contributed by atoms with Crippen LogP contribution in [0.2, 0.25) is 0 Å². The van der Waals surface area contributed by atoms with Gasteiger partial charge in [-0.1, -0.05) is 19.1 Å². The first-order valence-electron chi connectivity index (χ1n) is 12.1. The molecule has 0 aliphatic rings. The first-order chi connectivity index (χ1) is 19.3. The van der Waals surface area contributed by atoms with E-state index in [0.29, 0.717) is 0 Å². The quantitative estimate of drug-likeness (QED) is 0.242. The Balaban J connectivity index is 0.00000484. The zero-order valence-electron chi connectivity index (χ0n) is 22.7. The Morgan fingerprint density at radius 3 is 2.40 bits per heavy atom. The van der Waals surface area contributed by atoms with Crippen LogP contribution in [0.4, 0.5) is 13.2 Å². The maximum Gasteiger partial charge on any atom is 0.422 e. The van der Waals surface area contributed by atoms with Gasteiger partial charge in [-0.25, -0.2) is 22.2 Å². The van der Waals surface area contributed by atoms with E-state index >= 15 is 0 Å². The number of hydrogen-bond donors (Lipinski definition) is 1. The molecule has 1 N–H and O–H groups in total. The normalized spacial score (nSPS) is 13.3. The number of pyridine rings is 1. The van der Waals surface area contributed by atoms with Crippen LogP contribution >= 0.6 is 0 Å². The van der Waals surface area contributed by atoms with Gasteiger partial charge in [0.1, 0.15) is 11.5 Å². The molecular formula is C26H24F3N3NaO7S2. The minimum Gasteiger partial charge on any atom is -0.484 e. The number of imidazole rings is 1. The van der Waals surface area contributed by atoms with Crippen LogP contribution in [-0.2, 0) is 31.4 Å². The smallest absolute Gasteiger partial charge is 0.422 e. The Morgan fingerprint density at radius 2 is 1.79 bits per heavy atom. The van der Waals surface area contributed by atoms with E-state index in [1.165, 1.54) is 49.5 Å². The third-order valence-electron chi connectivity index (χ3n) is 5.90. The number of aromatic nitrogens is 3. The summed E-state index contributed by atoms with van der Waals surface area (Å²) < 4.78 is 90.2. The van der Waals surface area contributed by atoms with Crippen molar-refractivity contribution in [1.82, 2.24) is 13.9 Å². The summed E-state index contributed by atoms with van der Waals surface area (Å²) in [6.07, 6.45) is -4.27. The Hall–Kier alpha value is -2.98. The van der Waals surface area contributed by atoms with Crippen LogP contribution < -0.4 is 9.47 Å². The molecule has 0 fully saturated rings. The SMILES string of the molecule is CCC(Oc1ccc(S(=O)(=O)n2c(S(=O)Cc3nccc(OCC(F)(F)F)c3C)nc3ccccc32)cc1)C(=O)O.[Na]. The second-order valence-electron chi connectivity index (χ2n) is 8.75. The molecule has 10 nitrogen and oxygen atoms in total. The molecule has 0 aliphatic carbocycles. The first kappa shape index (κ1) is 33.5. The predicted molar refractivity (Wildman–Crippen MR) is 147 cm³/mol. The molecule has 2 unspecified atom stereocenters. The van der Waals surface area contributed by atoms with Crippen LogP contribution in [0.1, 0.15) is 24.6 Å². The molecule has 0 bridgehead atoms. The molecule has 0 saturated heterocycles. The number of alkyl halides is 3. The minimum atomic E-state index is -4.56. The molecule has 16 heteroatoms. The van der Waals surface area contributed by atoms with Gasteiger partial charge in [0.25, 0.3) is 10.0 Å². The number of ether oxygens (including phenoxy) is 2. The minimum absolute atomic E-state index is 0. The van der Waals surface area contributed by atoms with E-state index in [-0.39, 0.29) is 85.6 Å². The maximum atomic E-state index is 13.8. The summed E-state index contributed by atoms with van der Waals surface area (Å²) in [5.41, 5.74) is 0.765. The van der Waals surface area contributed by atoms with Gasteiger partial charge in [0.05, 0.1) is 38.2 Å². The van der Waals surface area contributed by atoms with Crippen LogP contribution in [0.15, 0.2) is 70.8 Å². The van der Waals surface area contributed by atoms with Gasteiger partial charge in [-0.3, -0.25) is 9.19 Å². The van der Waals surface area contributed by atoms with E-state index in [1.54, 1.807) is 25.1 Å². The fourth-order valence-electron chi connectivity index (χ4n) is 3.83. The Bertz CT molecular complexity index is 1710. The first-order valence-corrected chi connectivity index (χ1v) is 14.8. The third kappa shape index (κ3) is 7.50. The van der Waals surface area contributed by atoms with Gasteiger partial charge >= 0.3 is 12.1 Å². The average molecular weight is 635 g/mol. The molecule has 2 heterocycles. The molecule has 4 rings (SSSR count). The number of carbonyl (C=O) groups is 1. The molecule has 2 atom stereocenters. The van der Waals surface area contributed by atoms with Gasteiger partial charge in [-0.15, -0.1) is 0 Å². The van der Waals surface area contributed by atoms with Crippen molar-refractivity contribution in [2.24, 2.45) is 0 Å². The zero-order chi connectivity index (χ0) is 29.9. The molecular weight excluding hydrogens is 610 g/mol. The summed E-state index contributed by atoms with van der Waals surface area (Å²) in [5, 5.41) is 8.89. The van der Waals surface area contributed by atoms with Crippen LogP contribution in [0.25, 0.3) is 11.0 Å². The Kier molecular flexibility index (Phi) is 10.8. The number of halogens is 3. The van der Waals surface area contributed by atoms with E-state index in [0.717, 1.165) is 3.97 Å². The number of benzene rings is 2. The van der Waals surface area contributed by atoms with E-state index in [9.17, 15) is 35.7 Å². The summed E-state index contributed by atoms with van der Waals surface area (Å²) >= 11 is 0. The number of nitrogens with zero attached hydrogens (tertiary/aromatic N) is 3. The van der Waals surface area contributed by atoms with Crippen molar-refractivity contribution < 1.29 is 45.2 Å². The maximum absolute atomic E-state index is 13.8. The summed E-state index contributed by atoms with van der Waals surface area (Å²) in [4.78, 5) is 19.5. The van der Waals surface area contributed by atoms with Crippen LogP contribution in [-0.4, -0.2) is 86.1 Å². The summed E-state index contributed by atoms with van der Waals surface area (Å²) in [6.45, 7) is 1.57. The summed E-state index contributed by atoms with van der Waals surface area (Å²) in [6, 6.07) is 12.6. The van der Waals surface area contributed by atoms with Gasteiger partial charge in [0.2, 0.25) is 5.16 Å². The fraction of sp³-hybridized carbons (Fsp3) is 0.269. The van der Waals surface area contributed by atoms with Gasteiger partial charge in [0.15, 0.2) is 12.7 Å². The van der Waals surface area contributed by atoms with Gasteiger partial charge in [0, 0.05) is 41.3 Å². The van der Waals surface area contributed by atoms with Gasteiger partial charge in [-0.05, 0) is 55.8 Å². The summed E-state index contributed by atoms with van der Waals surface area (Å²) in [7, 11) is -6.50. The van der Waals surface area contributed by atoms with E-state index in [1.807, 2.05) is 0 Å². The number of hydrogen-bond acceptors (Lipinski definition) is 8. The van der Waals surface area contributed by atoms with Crippen molar-refractivity contribution in [3.8, 4) is 11.5 Å². The van der Waals surface area contributed by atoms with Crippen molar-refractivity contribution in [2.45, 2.75) is 48.4 Å². The molecule has 42 heavy (non-hydrogen) atoms. The molecule has 0 aliphatic heterocycles. The second-order valence-corrected chi connectivity index (χ2v) is 11.9. The average Bonchev–Trinajstić information content (AvgIpc) is 3.32. The molecule has 4 aromatic rings. The molecule has 1 radical (unpaired) electrons. The van der Waals surface area contributed by atoms with E-state index in [4.69, 9.17) is 9.47 Å². The summed E-state index contributed by atoms with van der Waals surface area (Å²) in [5.74, 6) is -1.47. The number of carboxylic acids is 1. The van der Waals surface area contributed by atoms with E-state index in [2.05, 4.69) is 9.97 Å². The van der Waals surface area contributed by atoms with Crippen LogP contribution in [0.5, 0.6) is 11.5 Å². The molecule has 219 valence electrons. The largest absolute Gasteiger partial charge is 0.484 e. The van der Waals surface area contributed by atoms with Crippen LogP contribution in [0.3, 0.4) is 0 Å². The van der Waals surface area contributed by atoms with Crippen molar-refractivity contribution in [3.63, 3.8) is 0 Å². The number of rotatable bonds is 11. The van der Waals surface area contributed by atoms with Gasteiger partial charge in [-0.2, -0.15) is 13.2 Å². The Labute approximate surface area is 263 Å². The molecule has 2 aromatic heterocycles. The second kappa shape index (κ2) is 13.5. The topological polar surface area (TPSA) is 138 Å². The predicted octanol–water partition coefficient (Wildman–Crippen LogP) is 4.09. The molecule has 0 spiro atoms. The molecule has 0 amide bonds. The molecule has 2 aromatic carbocycles. The van der Waals surface area contributed by atoms with E-state index < -0.39 is 45.7 Å². The van der Waals surface area contributed by atoms with Crippen molar-refractivity contribution in [1.29, 1.82) is 0 Å². The number of carboxylic acid groups (broad SMARTS) is 1. The monoisotopic (exact) mass is 634 g/mol. The number of para-hydroxylation sites is 2. The number of fused-ring (bicyclic) bond motifs is 1.